The summed E-state index contributed by atoms with van der Waals surface area (Å²) >= 11 is 6.33. The first-order valence-electron chi connectivity index (χ1n) is 8.22. The number of carbonyl (C=O) groups is 1. The summed E-state index contributed by atoms with van der Waals surface area (Å²) in [5, 5.41) is 0.138. The molecule has 3 heteroatoms. The van der Waals surface area contributed by atoms with Crippen molar-refractivity contribution in [3.05, 3.63) is 0 Å². The largest absolute Gasteiger partial charge is 0.341 e. The Kier molecular flexibility index (Phi) is 5.05. The van der Waals surface area contributed by atoms with Gasteiger partial charge in [-0.15, -0.1) is 11.6 Å². The lowest BCUT2D eigenvalue weighted by molar-refractivity contribution is -0.138. The molecule has 1 amide bonds. The molecule has 0 aromatic carbocycles. The first kappa shape index (κ1) is 16.1. The third-order valence-corrected chi connectivity index (χ3v) is 6.05. The van der Waals surface area contributed by atoms with E-state index in [-0.39, 0.29) is 11.3 Å². The fourth-order valence-electron chi connectivity index (χ4n) is 3.69. The van der Waals surface area contributed by atoms with Gasteiger partial charge in [-0.2, -0.15) is 0 Å². The zero-order valence-corrected chi connectivity index (χ0v) is 14.2. The fraction of sp³-hybridized carbons (Fsp3) is 0.941. The molecule has 0 bridgehead atoms. The van der Waals surface area contributed by atoms with Crippen molar-refractivity contribution in [3.8, 4) is 0 Å². The van der Waals surface area contributed by atoms with E-state index in [4.69, 9.17) is 11.6 Å². The lowest BCUT2D eigenvalue weighted by Gasteiger charge is -2.40. The molecular weight excluding hydrogens is 270 g/mol. The van der Waals surface area contributed by atoms with Gasteiger partial charge in [0.15, 0.2) is 0 Å². The number of halogens is 1. The first-order valence-corrected chi connectivity index (χ1v) is 8.65. The van der Waals surface area contributed by atoms with Crippen LogP contribution in [0.15, 0.2) is 0 Å². The molecular formula is C17H30ClNO. The Morgan fingerprint density at radius 1 is 1.10 bits per heavy atom. The number of amides is 1. The van der Waals surface area contributed by atoms with Gasteiger partial charge in [0.2, 0.25) is 5.91 Å². The maximum Gasteiger partial charge on any atom is 0.225 e. The highest BCUT2D eigenvalue weighted by atomic mass is 35.5. The average molecular weight is 300 g/mol. The summed E-state index contributed by atoms with van der Waals surface area (Å²) in [5.41, 5.74) is 0.385. The number of hydrogen-bond donors (Lipinski definition) is 0. The molecule has 2 rings (SSSR count). The number of nitrogens with zero attached hydrogens (tertiary/aromatic N) is 1. The summed E-state index contributed by atoms with van der Waals surface area (Å²) in [6.07, 6.45) is 5.60. The summed E-state index contributed by atoms with van der Waals surface area (Å²) in [7, 11) is 0. The highest BCUT2D eigenvalue weighted by molar-refractivity contribution is 6.21. The molecule has 0 aromatic heterocycles. The molecule has 2 atom stereocenters. The van der Waals surface area contributed by atoms with Crippen LogP contribution < -0.4 is 0 Å². The van der Waals surface area contributed by atoms with Crippen molar-refractivity contribution < 1.29 is 4.79 Å². The van der Waals surface area contributed by atoms with E-state index in [2.05, 4.69) is 27.7 Å². The highest BCUT2D eigenvalue weighted by Crippen LogP contribution is 2.40. The molecule has 1 aliphatic heterocycles. The van der Waals surface area contributed by atoms with E-state index >= 15 is 0 Å². The minimum atomic E-state index is 0.138. The third-order valence-electron chi connectivity index (χ3n) is 5.48. The lowest BCUT2D eigenvalue weighted by Crippen LogP contribution is -2.47. The van der Waals surface area contributed by atoms with Crippen LogP contribution in [0.2, 0.25) is 0 Å². The second kappa shape index (κ2) is 6.25. The van der Waals surface area contributed by atoms with Crippen molar-refractivity contribution >= 4 is 17.5 Å². The van der Waals surface area contributed by atoms with Crippen LogP contribution in [0, 0.1) is 23.2 Å². The second-order valence-electron chi connectivity index (χ2n) is 7.98. The van der Waals surface area contributed by atoms with Gasteiger partial charge in [0, 0.05) is 19.0 Å². The van der Waals surface area contributed by atoms with Crippen LogP contribution in [0.25, 0.3) is 0 Å². The van der Waals surface area contributed by atoms with Crippen molar-refractivity contribution in [3.63, 3.8) is 0 Å². The molecule has 2 aliphatic rings. The van der Waals surface area contributed by atoms with Crippen LogP contribution in [0.5, 0.6) is 0 Å². The predicted molar refractivity (Wildman–Crippen MR) is 84.9 cm³/mol. The highest BCUT2D eigenvalue weighted by Gasteiger charge is 2.35. The second-order valence-corrected chi connectivity index (χ2v) is 8.54. The Hall–Kier alpha value is -0.240. The van der Waals surface area contributed by atoms with Gasteiger partial charge in [-0.3, -0.25) is 4.79 Å². The van der Waals surface area contributed by atoms with Crippen LogP contribution >= 0.6 is 11.6 Å². The molecule has 1 heterocycles. The Morgan fingerprint density at radius 3 is 2.20 bits per heavy atom. The van der Waals surface area contributed by atoms with Crippen molar-refractivity contribution in [2.24, 2.45) is 23.2 Å². The summed E-state index contributed by atoms with van der Waals surface area (Å²) in [6, 6.07) is 0. The standard InChI is InChI=1S/C17H30ClNO/c1-12-9-10-19(11-15(12)18)16(20)13-5-7-14(8-6-13)17(2,3)4/h12-15H,5-11H2,1-4H3. The van der Waals surface area contributed by atoms with E-state index in [1.165, 1.54) is 12.8 Å². The van der Waals surface area contributed by atoms with Crippen molar-refractivity contribution in [2.75, 3.05) is 13.1 Å². The molecule has 2 fully saturated rings. The normalized spacial score (nSPS) is 36.0. The van der Waals surface area contributed by atoms with Gasteiger partial charge < -0.3 is 4.90 Å². The lowest BCUT2D eigenvalue weighted by atomic mass is 9.69. The van der Waals surface area contributed by atoms with E-state index < -0.39 is 0 Å². The van der Waals surface area contributed by atoms with E-state index in [0.717, 1.165) is 38.3 Å². The zero-order valence-electron chi connectivity index (χ0n) is 13.5. The molecule has 0 aromatic rings. The van der Waals surface area contributed by atoms with E-state index in [9.17, 15) is 4.79 Å². The monoisotopic (exact) mass is 299 g/mol. The molecule has 2 unspecified atom stereocenters. The fourth-order valence-corrected chi connectivity index (χ4v) is 3.98. The van der Waals surface area contributed by atoms with Crippen molar-refractivity contribution in [1.29, 1.82) is 0 Å². The minimum Gasteiger partial charge on any atom is -0.341 e. The van der Waals surface area contributed by atoms with E-state index in [1.807, 2.05) is 4.90 Å². The SMILES string of the molecule is CC1CCN(C(=O)C2CCC(C(C)(C)C)CC2)CC1Cl. The van der Waals surface area contributed by atoms with Gasteiger partial charge in [0.25, 0.3) is 0 Å². The third kappa shape index (κ3) is 3.69. The Labute approximate surface area is 129 Å². The van der Waals surface area contributed by atoms with Gasteiger partial charge in [-0.25, -0.2) is 0 Å². The van der Waals surface area contributed by atoms with Crippen LogP contribution in [0.4, 0.5) is 0 Å². The summed E-state index contributed by atoms with van der Waals surface area (Å²) in [4.78, 5) is 14.7. The molecule has 1 aliphatic carbocycles. The maximum atomic E-state index is 12.6. The molecule has 0 radical (unpaired) electrons. The zero-order chi connectivity index (χ0) is 14.9. The van der Waals surface area contributed by atoms with E-state index in [0.29, 0.717) is 17.2 Å². The number of alkyl halides is 1. The Bertz CT molecular complexity index is 341. The van der Waals surface area contributed by atoms with Gasteiger partial charge in [0.05, 0.1) is 5.38 Å². The van der Waals surface area contributed by atoms with E-state index in [1.54, 1.807) is 0 Å². The number of piperidine rings is 1. The molecule has 116 valence electrons. The molecule has 2 nitrogen and oxygen atoms in total. The summed E-state index contributed by atoms with van der Waals surface area (Å²) < 4.78 is 0. The maximum absolute atomic E-state index is 12.6. The van der Waals surface area contributed by atoms with Crippen molar-refractivity contribution in [1.82, 2.24) is 4.90 Å². The summed E-state index contributed by atoms with van der Waals surface area (Å²) in [6.45, 7) is 10.8. The van der Waals surface area contributed by atoms with Gasteiger partial charge >= 0.3 is 0 Å². The predicted octanol–water partition coefficient (Wildman–Crippen LogP) is 4.31. The van der Waals surface area contributed by atoms with Crippen LogP contribution in [-0.4, -0.2) is 29.3 Å². The van der Waals surface area contributed by atoms with Gasteiger partial charge in [-0.05, 0) is 49.4 Å². The molecule has 20 heavy (non-hydrogen) atoms. The summed E-state index contributed by atoms with van der Waals surface area (Å²) in [5.74, 6) is 1.94. The molecule has 1 saturated heterocycles. The number of rotatable bonds is 1. The van der Waals surface area contributed by atoms with Crippen molar-refractivity contribution in [2.45, 2.75) is 65.2 Å². The van der Waals surface area contributed by atoms with Crippen LogP contribution in [0.1, 0.15) is 59.8 Å². The Balaban J connectivity index is 1.86. The topological polar surface area (TPSA) is 20.3 Å². The minimum absolute atomic E-state index is 0.138. The molecule has 0 spiro atoms. The van der Waals surface area contributed by atoms with Gasteiger partial charge in [0.1, 0.15) is 0 Å². The molecule has 0 N–H and O–H groups in total. The Morgan fingerprint density at radius 2 is 1.70 bits per heavy atom. The average Bonchev–Trinajstić information content (AvgIpc) is 2.40. The quantitative estimate of drug-likeness (QED) is 0.661. The molecule has 1 saturated carbocycles. The van der Waals surface area contributed by atoms with Gasteiger partial charge in [-0.1, -0.05) is 27.7 Å². The smallest absolute Gasteiger partial charge is 0.225 e. The number of likely N-dealkylation sites (tertiary alicyclic amines) is 1. The number of carbonyl (C=O) groups excluding carboxylic acids is 1. The van der Waals surface area contributed by atoms with Crippen LogP contribution in [-0.2, 0) is 4.79 Å². The first-order chi connectivity index (χ1) is 9.29. The number of hydrogen-bond acceptors (Lipinski definition) is 1. The van der Waals surface area contributed by atoms with Crippen LogP contribution in [0.3, 0.4) is 0 Å².